The maximum Gasteiger partial charge on any atom is 0.186 e. The Kier molecular flexibility index (Phi) is 4.35. The molecule has 0 unspecified atom stereocenters. The molecule has 2 rings (SSSR count). The van der Waals surface area contributed by atoms with Crippen LogP contribution in [0.2, 0.25) is 0 Å². The average Bonchev–Trinajstić information content (AvgIpc) is 2.71. The number of aryl methyl sites for hydroxylation is 1. The Balaban J connectivity index is 2.19. The molecule has 0 aromatic carbocycles. The van der Waals surface area contributed by atoms with E-state index in [1.54, 1.807) is 0 Å². The number of aromatic nitrogens is 1. The lowest BCUT2D eigenvalue weighted by molar-refractivity contribution is -0.00523. The summed E-state index contributed by atoms with van der Waals surface area (Å²) in [5.41, 5.74) is 0.944. The van der Waals surface area contributed by atoms with Crippen LogP contribution < -0.4 is 4.90 Å². The standard InChI is InChI=1S/C13H20N2O2S/c1-4-5-11-12(8-16)18-13(14-11)15-6-9(2)17-10(3)7-15/h8-10H,4-7H2,1-3H3/t9-,10+. The number of hydrogen-bond donors (Lipinski definition) is 0. The molecule has 0 spiro atoms. The van der Waals surface area contributed by atoms with E-state index in [1.165, 1.54) is 11.3 Å². The molecule has 1 aromatic rings. The molecular weight excluding hydrogens is 248 g/mol. The third-order valence-electron chi connectivity index (χ3n) is 3.00. The number of rotatable bonds is 4. The summed E-state index contributed by atoms with van der Waals surface area (Å²) < 4.78 is 5.71. The van der Waals surface area contributed by atoms with Crippen molar-refractivity contribution < 1.29 is 9.53 Å². The van der Waals surface area contributed by atoms with Crippen molar-refractivity contribution in [2.75, 3.05) is 18.0 Å². The minimum absolute atomic E-state index is 0.215. The predicted molar refractivity (Wildman–Crippen MR) is 73.7 cm³/mol. The maximum atomic E-state index is 11.1. The number of carbonyl (C=O) groups excluding carboxylic acids is 1. The molecule has 0 aliphatic carbocycles. The predicted octanol–water partition coefficient (Wildman–Crippen LogP) is 2.52. The van der Waals surface area contributed by atoms with E-state index < -0.39 is 0 Å². The Morgan fingerprint density at radius 3 is 2.67 bits per heavy atom. The van der Waals surface area contributed by atoms with Gasteiger partial charge >= 0.3 is 0 Å². The second-order valence-electron chi connectivity index (χ2n) is 4.84. The van der Waals surface area contributed by atoms with Gasteiger partial charge in [-0.15, -0.1) is 0 Å². The fourth-order valence-corrected chi connectivity index (χ4v) is 3.27. The molecule has 2 atom stereocenters. The van der Waals surface area contributed by atoms with Crippen molar-refractivity contribution in [2.45, 2.75) is 45.8 Å². The summed E-state index contributed by atoms with van der Waals surface area (Å²) in [6.45, 7) is 7.95. The van der Waals surface area contributed by atoms with Crippen molar-refractivity contribution >= 4 is 22.8 Å². The van der Waals surface area contributed by atoms with Gasteiger partial charge in [0.2, 0.25) is 0 Å². The molecule has 1 fully saturated rings. The summed E-state index contributed by atoms with van der Waals surface area (Å²) in [6, 6.07) is 0. The number of carbonyl (C=O) groups is 1. The van der Waals surface area contributed by atoms with Crippen molar-refractivity contribution in [3.05, 3.63) is 10.6 Å². The smallest absolute Gasteiger partial charge is 0.186 e. The van der Waals surface area contributed by atoms with Crippen molar-refractivity contribution in [3.63, 3.8) is 0 Å². The van der Waals surface area contributed by atoms with Gasteiger partial charge in [-0.05, 0) is 20.3 Å². The highest BCUT2D eigenvalue weighted by Crippen LogP contribution is 2.28. The zero-order valence-electron chi connectivity index (χ0n) is 11.2. The van der Waals surface area contributed by atoms with E-state index in [4.69, 9.17) is 4.74 Å². The third kappa shape index (κ3) is 2.90. The fraction of sp³-hybridized carbons (Fsp3) is 0.692. The van der Waals surface area contributed by atoms with Crippen LogP contribution in [-0.4, -0.2) is 36.6 Å². The highest BCUT2D eigenvalue weighted by atomic mass is 32.1. The topological polar surface area (TPSA) is 42.4 Å². The highest BCUT2D eigenvalue weighted by Gasteiger charge is 2.25. The molecule has 0 N–H and O–H groups in total. The van der Waals surface area contributed by atoms with Gasteiger partial charge in [0.1, 0.15) is 0 Å². The molecule has 1 saturated heterocycles. The molecule has 0 radical (unpaired) electrons. The quantitative estimate of drug-likeness (QED) is 0.787. The van der Waals surface area contributed by atoms with Gasteiger partial charge in [-0.1, -0.05) is 24.7 Å². The zero-order chi connectivity index (χ0) is 13.1. The Labute approximate surface area is 112 Å². The first kappa shape index (κ1) is 13.5. The van der Waals surface area contributed by atoms with E-state index in [1.807, 2.05) is 0 Å². The Hall–Kier alpha value is -0.940. The van der Waals surface area contributed by atoms with Crippen LogP contribution in [0.25, 0.3) is 0 Å². The Morgan fingerprint density at radius 2 is 2.11 bits per heavy atom. The maximum absolute atomic E-state index is 11.1. The van der Waals surface area contributed by atoms with E-state index in [2.05, 4.69) is 30.7 Å². The number of ether oxygens (including phenoxy) is 1. The van der Waals surface area contributed by atoms with Crippen molar-refractivity contribution in [1.29, 1.82) is 0 Å². The van der Waals surface area contributed by atoms with Gasteiger partial charge in [0.25, 0.3) is 0 Å². The normalized spacial score (nSPS) is 24.3. The number of aldehydes is 1. The van der Waals surface area contributed by atoms with Crippen LogP contribution in [0.1, 0.15) is 42.6 Å². The van der Waals surface area contributed by atoms with Crippen LogP contribution in [0.4, 0.5) is 5.13 Å². The largest absolute Gasteiger partial charge is 0.372 e. The molecule has 5 heteroatoms. The molecule has 0 amide bonds. The number of morpholine rings is 1. The van der Waals surface area contributed by atoms with Gasteiger partial charge < -0.3 is 9.64 Å². The number of anilines is 1. The summed E-state index contributed by atoms with van der Waals surface area (Å²) >= 11 is 1.50. The van der Waals surface area contributed by atoms with Crippen LogP contribution in [0.3, 0.4) is 0 Å². The lowest BCUT2D eigenvalue weighted by Gasteiger charge is -2.35. The number of nitrogens with zero attached hydrogens (tertiary/aromatic N) is 2. The summed E-state index contributed by atoms with van der Waals surface area (Å²) in [4.78, 5) is 18.7. The highest BCUT2D eigenvalue weighted by molar-refractivity contribution is 7.17. The monoisotopic (exact) mass is 268 g/mol. The van der Waals surface area contributed by atoms with Gasteiger partial charge in [0, 0.05) is 13.1 Å². The number of thiazole rings is 1. The van der Waals surface area contributed by atoms with Gasteiger partial charge in [0.05, 0.1) is 22.8 Å². The molecule has 1 aliphatic rings. The summed E-state index contributed by atoms with van der Waals surface area (Å²) in [5, 5.41) is 0.961. The van der Waals surface area contributed by atoms with Gasteiger partial charge in [0.15, 0.2) is 11.4 Å². The lowest BCUT2D eigenvalue weighted by Crippen LogP contribution is -2.45. The third-order valence-corrected chi connectivity index (χ3v) is 4.08. The molecule has 100 valence electrons. The first-order valence-corrected chi connectivity index (χ1v) is 7.31. The van der Waals surface area contributed by atoms with E-state index in [0.717, 1.165) is 47.9 Å². The summed E-state index contributed by atoms with van der Waals surface area (Å²) in [7, 11) is 0. The van der Waals surface area contributed by atoms with Gasteiger partial charge in [-0.2, -0.15) is 0 Å². The SMILES string of the molecule is CCCc1nc(N2C[C@@H](C)O[C@@H](C)C2)sc1C=O. The Morgan fingerprint density at radius 1 is 1.44 bits per heavy atom. The summed E-state index contributed by atoms with van der Waals surface area (Å²) in [5.74, 6) is 0. The van der Waals surface area contributed by atoms with Crippen LogP contribution in [0.15, 0.2) is 0 Å². The van der Waals surface area contributed by atoms with E-state index in [9.17, 15) is 4.79 Å². The molecule has 4 nitrogen and oxygen atoms in total. The molecule has 0 saturated carbocycles. The lowest BCUT2D eigenvalue weighted by atomic mass is 10.2. The second-order valence-corrected chi connectivity index (χ2v) is 5.85. The van der Waals surface area contributed by atoms with E-state index in [0.29, 0.717) is 0 Å². The van der Waals surface area contributed by atoms with Crippen molar-refractivity contribution in [2.24, 2.45) is 0 Å². The molecular formula is C13H20N2O2S. The van der Waals surface area contributed by atoms with Crippen LogP contribution >= 0.6 is 11.3 Å². The average molecular weight is 268 g/mol. The number of hydrogen-bond acceptors (Lipinski definition) is 5. The molecule has 1 aromatic heterocycles. The second kappa shape index (κ2) is 5.80. The van der Waals surface area contributed by atoms with Gasteiger partial charge in [-0.3, -0.25) is 4.79 Å². The van der Waals surface area contributed by atoms with E-state index in [-0.39, 0.29) is 12.2 Å². The van der Waals surface area contributed by atoms with E-state index >= 15 is 0 Å². The summed E-state index contributed by atoms with van der Waals surface area (Å²) in [6.07, 6.45) is 3.25. The molecule has 1 aliphatic heterocycles. The van der Waals surface area contributed by atoms with Gasteiger partial charge in [-0.25, -0.2) is 4.98 Å². The first-order chi connectivity index (χ1) is 8.63. The van der Waals surface area contributed by atoms with Crippen LogP contribution in [0, 0.1) is 0 Å². The van der Waals surface area contributed by atoms with Crippen molar-refractivity contribution in [1.82, 2.24) is 4.98 Å². The minimum atomic E-state index is 0.215. The fourth-order valence-electron chi connectivity index (χ4n) is 2.33. The van der Waals surface area contributed by atoms with Crippen molar-refractivity contribution in [3.8, 4) is 0 Å². The zero-order valence-corrected chi connectivity index (χ0v) is 12.0. The molecule has 18 heavy (non-hydrogen) atoms. The Bertz CT molecular complexity index is 409. The molecule has 0 bridgehead atoms. The minimum Gasteiger partial charge on any atom is -0.372 e. The molecule has 2 heterocycles. The first-order valence-electron chi connectivity index (χ1n) is 6.49. The van der Waals surface area contributed by atoms with Crippen LogP contribution in [0.5, 0.6) is 0 Å². The van der Waals surface area contributed by atoms with Crippen LogP contribution in [-0.2, 0) is 11.2 Å².